The topological polar surface area (TPSA) is 20.3 Å². The highest BCUT2D eigenvalue weighted by Gasteiger charge is 2.15. The number of thiophene rings is 1. The van der Waals surface area contributed by atoms with E-state index in [1.807, 2.05) is 41.5 Å². The molecule has 0 aliphatic rings. The first kappa shape index (κ1) is 14.8. The molecule has 19 heavy (non-hydrogen) atoms. The zero-order valence-electron chi connectivity index (χ0n) is 10.4. The molecule has 0 atom stereocenters. The van der Waals surface area contributed by atoms with Gasteiger partial charge >= 0.3 is 0 Å². The van der Waals surface area contributed by atoms with Crippen LogP contribution in [0.3, 0.4) is 0 Å². The van der Waals surface area contributed by atoms with E-state index in [0.717, 1.165) is 8.95 Å². The van der Waals surface area contributed by atoms with Crippen LogP contribution in [0, 0.1) is 0 Å². The second-order valence-electron chi connectivity index (χ2n) is 4.06. The van der Waals surface area contributed by atoms with Gasteiger partial charge in [-0.3, -0.25) is 4.79 Å². The van der Waals surface area contributed by atoms with Crippen LogP contribution in [0.25, 0.3) is 0 Å². The standard InChI is InChI=1S/C14H13Br2NOS/c1-2-17(9-13-4-3-5-19-13)14(18)10-6-11(15)8-12(16)7-10/h3-8H,2,9H2,1H3. The molecule has 0 saturated heterocycles. The summed E-state index contributed by atoms with van der Waals surface area (Å²) in [5.74, 6) is 0.0536. The minimum atomic E-state index is 0.0536. The smallest absolute Gasteiger partial charge is 0.254 e. The minimum absolute atomic E-state index is 0.0536. The molecule has 5 heteroatoms. The Hall–Kier alpha value is -0.650. The van der Waals surface area contributed by atoms with Crippen molar-refractivity contribution in [2.45, 2.75) is 13.5 Å². The van der Waals surface area contributed by atoms with Crippen LogP contribution in [0.15, 0.2) is 44.7 Å². The summed E-state index contributed by atoms with van der Waals surface area (Å²) in [7, 11) is 0. The molecule has 1 amide bonds. The maximum absolute atomic E-state index is 12.5. The normalized spacial score (nSPS) is 10.5. The van der Waals surface area contributed by atoms with Gasteiger partial charge in [0.2, 0.25) is 0 Å². The maximum Gasteiger partial charge on any atom is 0.254 e. The Morgan fingerprint density at radius 1 is 1.26 bits per heavy atom. The van der Waals surface area contributed by atoms with Gasteiger partial charge in [0.05, 0.1) is 6.54 Å². The van der Waals surface area contributed by atoms with Gasteiger partial charge < -0.3 is 4.90 Å². The van der Waals surface area contributed by atoms with Crippen LogP contribution < -0.4 is 0 Å². The fraction of sp³-hybridized carbons (Fsp3) is 0.214. The largest absolute Gasteiger partial charge is 0.334 e. The van der Waals surface area contributed by atoms with Crippen molar-refractivity contribution in [2.75, 3.05) is 6.54 Å². The number of amides is 1. The van der Waals surface area contributed by atoms with Gasteiger partial charge in [-0.2, -0.15) is 0 Å². The average Bonchev–Trinajstić information content (AvgIpc) is 2.86. The van der Waals surface area contributed by atoms with E-state index >= 15 is 0 Å². The lowest BCUT2D eigenvalue weighted by Crippen LogP contribution is -2.30. The zero-order valence-corrected chi connectivity index (χ0v) is 14.4. The Labute approximate surface area is 133 Å². The van der Waals surface area contributed by atoms with E-state index in [0.29, 0.717) is 18.7 Å². The highest BCUT2D eigenvalue weighted by molar-refractivity contribution is 9.11. The van der Waals surface area contributed by atoms with E-state index in [1.165, 1.54) is 4.88 Å². The first-order chi connectivity index (χ1) is 9.10. The van der Waals surface area contributed by atoms with E-state index in [4.69, 9.17) is 0 Å². The summed E-state index contributed by atoms with van der Waals surface area (Å²) in [6.45, 7) is 3.36. The third-order valence-corrected chi connectivity index (χ3v) is 4.48. The van der Waals surface area contributed by atoms with E-state index < -0.39 is 0 Å². The van der Waals surface area contributed by atoms with Crippen molar-refractivity contribution in [1.82, 2.24) is 4.90 Å². The quantitative estimate of drug-likeness (QED) is 0.709. The minimum Gasteiger partial charge on any atom is -0.334 e. The number of hydrogen-bond donors (Lipinski definition) is 0. The average molecular weight is 403 g/mol. The lowest BCUT2D eigenvalue weighted by atomic mass is 10.2. The molecule has 100 valence electrons. The molecule has 0 spiro atoms. The van der Waals surface area contributed by atoms with E-state index in [1.54, 1.807) is 11.3 Å². The molecule has 0 bridgehead atoms. The predicted octanol–water partition coefficient (Wildman–Crippen LogP) is 4.94. The summed E-state index contributed by atoms with van der Waals surface area (Å²) < 4.78 is 1.80. The second-order valence-corrected chi connectivity index (χ2v) is 6.92. The molecule has 0 radical (unpaired) electrons. The van der Waals surface area contributed by atoms with Gasteiger partial charge in [-0.25, -0.2) is 0 Å². The van der Waals surface area contributed by atoms with Crippen LogP contribution in [0.2, 0.25) is 0 Å². The van der Waals surface area contributed by atoms with Crippen LogP contribution in [-0.4, -0.2) is 17.4 Å². The Kier molecular flexibility index (Phi) is 5.19. The molecular weight excluding hydrogens is 390 g/mol. The van der Waals surface area contributed by atoms with Gasteiger partial charge in [0.15, 0.2) is 0 Å². The summed E-state index contributed by atoms with van der Waals surface area (Å²) in [5, 5.41) is 2.03. The Morgan fingerprint density at radius 3 is 2.47 bits per heavy atom. The fourth-order valence-electron chi connectivity index (χ4n) is 1.78. The molecule has 0 unspecified atom stereocenters. The molecule has 1 aromatic carbocycles. The van der Waals surface area contributed by atoms with E-state index in [2.05, 4.69) is 37.9 Å². The van der Waals surface area contributed by atoms with Gasteiger partial charge in [0, 0.05) is 25.9 Å². The number of carbonyl (C=O) groups is 1. The van der Waals surface area contributed by atoms with Gasteiger partial charge in [0.25, 0.3) is 5.91 Å². The highest BCUT2D eigenvalue weighted by atomic mass is 79.9. The van der Waals surface area contributed by atoms with Crippen molar-refractivity contribution >= 4 is 49.1 Å². The molecule has 1 heterocycles. The summed E-state index contributed by atoms with van der Waals surface area (Å²) in [6, 6.07) is 9.69. The molecule has 0 aliphatic heterocycles. The Morgan fingerprint density at radius 2 is 1.95 bits per heavy atom. The van der Waals surface area contributed by atoms with Crippen molar-refractivity contribution < 1.29 is 4.79 Å². The number of nitrogens with zero attached hydrogens (tertiary/aromatic N) is 1. The van der Waals surface area contributed by atoms with Crippen molar-refractivity contribution in [3.8, 4) is 0 Å². The molecule has 0 N–H and O–H groups in total. The first-order valence-electron chi connectivity index (χ1n) is 5.88. The van der Waals surface area contributed by atoms with E-state index in [9.17, 15) is 4.79 Å². The number of hydrogen-bond acceptors (Lipinski definition) is 2. The van der Waals surface area contributed by atoms with E-state index in [-0.39, 0.29) is 5.91 Å². The van der Waals surface area contributed by atoms with Crippen LogP contribution in [0.4, 0.5) is 0 Å². The molecule has 0 fully saturated rings. The Balaban J connectivity index is 2.20. The van der Waals surface area contributed by atoms with Crippen LogP contribution in [-0.2, 0) is 6.54 Å². The predicted molar refractivity (Wildman–Crippen MR) is 86.6 cm³/mol. The molecule has 0 aliphatic carbocycles. The molecule has 0 saturated carbocycles. The number of benzene rings is 1. The molecule has 1 aromatic heterocycles. The van der Waals surface area contributed by atoms with Crippen LogP contribution >= 0.6 is 43.2 Å². The molecular formula is C14H13Br2NOS. The SMILES string of the molecule is CCN(Cc1cccs1)C(=O)c1cc(Br)cc(Br)c1. The lowest BCUT2D eigenvalue weighted by molar-refractivity contribution is 0.0754. The number of halogens is 2. The van der Waals surface area contributed by atoms with Crippen molar-refractivity contribution in [3.05, 3.63) is 55.1 Å². The summed E-state index contributed by atoms with van der Waals surface area (Å²) in [5.41, 5.74) is 0.694. The van der Waals surface area contributed by atoms with Gasteiger partial charge in [0.1, 0.15) is 0 Å². The number of carbonyl (C=O) groups excluding carboxylic acids is 1. The zero-order chi connectivity index (χ0) is 13.8. The highest BCUT2D eigenvalue weighted by Crippen LogP contribution is 2.22. The lowest BCUT2D eigenvalue weighted by Gasteiger charge is -2.20. The third kappa shape index (κ3) is 3.91. The maximum atomic E-state index is 12.5. The first-order valence-corrected chi connectivity index (χ1v) is 8.34. The van der Waals surface area contributed by atoms with Crippen LogP contribution in [0.5, 0.6) is 0 Å². The van der Waals surface area contributed by atoms with Crippen molar-refractivity contribution in [3.63, 3.8) is 0 Å². The third-order valence-electron chi connectivity index (χ3n) is 2.71. The molecule has 2 nitrogen and oxygen atoms in total. The summed E-state index contributed by atoms with van der Waals surface area (Å²) in [4.78, 5) is 15.5. The van der Waals surface area contributed by atoms with Crippen LogP contribution in [0.1, 0.15) is 22.2 Å². The molecule has 2 rings (SSSR count). The monoisotopic (exact) mass is 401 g/mol. The fourth-order valence-corrected chi connectivity index (χ4v) is 3.79. The van der Waals surface area contributed by atoms with Gasteiger partial charge in [-0.1, -0.05) is 37.9 Å². The van der Waals surface area contributed by atoms with Crippen molar-refractivity contribution in [1.29, 1.82) is 0 Å². The molecule has 2 aromatic rings. The summed E-state index contributed by atoms with van der Waals surface area (Å²) in [6.07, 6.45) is 0. The van der Waals surface area contributed by atoms with Gasteiger partial charge in [-0.05, 0) is 36.6 Å². The van der Waals surface area contributed by atoms with Crippen molar-refractivity contribution in [2.24, 2.45) is 0 Å². The summed E-state index contributed by atoms with van der Waals surface area (Å²) >= 11 is 8.50. The Bertz CT molecular complexity index is 549. The number of rotatable bonds is 4. The second kappa shape index (κ2) is 6.68. The van der Waals surface area contributed by atoms with Gasteiger partial charge in [-0.15, -0.1) is 11.3 Å².